The molecule has 0 fully saturated rings. The van der Waals surface area contributed by atoms with Crippen molar-refractivity contribution in [1.29, 1.82) is 0 Å². The van der Waals surface area contributed by atoms with Crippen molar-refractivity contribution in [2.24, 2.45) is 0 Å². The molecule has 0 unspecified atom stereocenters. The molecule has 0 saturated carbocycles. The second-order valence-electron chi connectivity index (χ2n) is 2.80. The average Bonchev–Trinajstić information content (AvgIpc) is 2.28. The van der Waals surface area contributed by atoms with E-state index in [1.54, 1.807) is 0 Å². The second kappa shape index (κ2) is 3.38. The molecular weight excluding hydrogens is 228 g/mol. The molecule has 0 saturated heterocycles. The Labute approximate surface area is 79.5 Å². The summed E-state index contributed by atoms with van der Waals surface area (Å²) in [5.41, 5.74) is 0. The SMILES string of the molecule is Cc1nc(C(C(F)(F)F)C(F)(F)F)n[nH]1. The summed E-state index contributed by atoms with van der Waals surface area (Å²) < 4.78 is 72.6. The summed E-state index contributed by atoms with van der Waals surface area (Å²) in [5.74, 6) is -5.06. The first-order valence-electron chi connectivity index (χ1n) is 3.64. The minimum Gasteiger partial charge on any atom is -0.263 e. The predicted molar refractivity (Wildman–Crippen MR) is 36.0 cm³/mol. The largest absolute Gasteiger partial charge is 0.407 e. The lowest BCUT2D eigenvalue weighted by Gasteiger charge is -2.19. The van der Waals surface area contributed by atoms with Crippen molar-refractivity contribution in [3.05, 3.63) is 11.6 Å². The number of nitrogens with zero attached hydrogens (tertiary/aromatic N) is 2. The highest BCUT2D eigenvalue weighted by Crippen LogP contribution is 2.44. The van der Waals surface area contributed by atoms with Crippen LogP contribution in [0.2, 0.25) is 0 Å². The molecule has 0 bridgehead atoms. The van der Waals surface area contributed by atoms with Crippen LogP contribution in [0.4, 0.5) is 26.3 Å². The van der Waals surface area contributed by atoms with E-state index in [2.05, 4.69) is 10.1 Å². The number of aromatic nitrogens is 3. The fraction of sp³-hybridized carbons (Fsp3) is 0.667. The van der Waals surface area contributed by atoms with Crippen LogP contribution in [0.5, 0.6) is 0 Å². The molecule has 0 amide bonds. The van der Waals surface area contributed by atoms with E-state index in [4.69, 9.17) is 0 Å². The van der Waals surface area contributed by atoms with Gasteiger partial charge in [0.2, 0.25) is 5.92 Å². The molecule has 0 aliphatic rings. The topological polar surface area (TPSA) is 41.6 Å². The van der Waals surface area contributed by atoms with Crippen LogP contribution < -0.4 is 0 Å². The van der Waals surface area contributed by atoms with Crippen LogP contribution in [-0.4, -0.2) is 27.5 Å². The normalized spacial score (nSPS) is 13.6. The first-order chi connectivity index (χ1) is 6.62. The molecule has 0 spiro atoms. The van der Waals surface area contributed by atoms with Crippen LogP contribution in [0.1, 0.15) is 17.6 Å². The highest BCUT2D eigenvalue weighted by molar-refractivity contribution is 5.04. The van der Waals surface area contributed by atoms with Gasteiger partial charge < -0.3 is 0 Å². The first kappa shape index (κ1) is 11.8. The first-order valence-corrected chi connectivity index (χ1v) is 3.64. The highest BCUT2D eigenvalue weighted by atomic mass is 19.4. The molecule has 0 radical (unpaired) electrons. The molecule has 0 aliphatic carbocycles. The van der Waals surface area contributed by atoms with Gasteiger partial charge in [-0.1, -0.05) is 0 Å². The maximum Gasteiger partial charge on any atom is 0.407 e. The Morgan fingerprint density at radius 2 is 1.53 bits per heavy atom. The van der Waals surface area contributed by atoms with E-state index in [1.807, 2.05) is 5.10 Å². The smallest absolute Gasteiger partial charge is 0.263 e. The Morgan fingerprint density at radius 1 is 1.07 bits per heavy atom. The van der Waals surface area contributed by atoms with Gasteiger partial charge in [0.1, 0.15) is 5.82 Å². The molecule has 1 N–H and O–H groups in total. The Kier molecular flexibility index (Phi) is 2.66. The molecule has 9 heteroatoms. The molecule has 3 nitrogen and oxygen atoms in total. The molecule has 15 heavy (non-hydrogen) atoms. The summed E-state index contributed by atoms with van der Waals surface area (Å²) in [6, 6.07) is 0. The third kappa shape index (κ3) is 2.60. The average molecular weight is 233 g/mol. The number of nitrogens with one attached hydrogen (secondary N) is 1. The van der Waals surface area contributed by atoms with Crippen molar-refractivity contribution < 1.29 is 26.3 Å². The zero-order valence-corrected chi connectivity index (χ0v) is 7.24. The summed E-state index contributed by atoms with van der Waals surface area (Å²) in [4.78, 5) is 3.04. The monoisotopic (exact) mass is 233 g/mol. The molecule has 1 aromatic rings. The van der Waals surface area contributed by atoms with E-state index in [0.29, 0.717) is 0 Å². The van der Waals surface area contributed by atoms with E-state index in [0.717, 1.165) is 0 Å². The van der Waals surface area contributed by atoms with Crippen LogP contribution in [0.25, 0.3) is 0 Å². The zero-order valence-electron chi connectivity index (χ0n) is 7.24. The standard InChI is InChI=1S/C6H5F6N3/c1-2-13-4(15-14-2)3(5(7,8)9)6(10,11)12/h3H,1H3,(H,13,14,15). The number of H-pyrrole nitrogens is 1. The Morgan fingerprint density at radius 3 is 1.80 bits per heavy atom. The molecule has 1 rings (SSSR count). The summed E-state index contributed by atoms with van der Waals surface area (Å²) in [6.07, 6.45) is -10.9. The van der Waals surface area contributed by atoms with Gasteiger partial charge >= 0.3 is 12.4 Å². The van der Waals surface area contributed by atoms with Gasteiger partial charge in [-0.05, 0) is 6.92 Å². The molecule has 0 atom stereocenters. The van der Waals surface area contributed by atoms with Crippen LogP contribution in [0.3, 0.4) is 0 Å². The summed E-state index contributed by atoms with van der Waals surface area (Å²) in [6.45, 7) is 1.21. The van der Waals surface area contributed by atoms with Crippen molar-refractivity contribution in [3.63, 3.8) is 0 Å². The summed E-state index contributed by atoms with van der Waals surface area (Å²) in [7, 11) is 0. The van der Waals surface area contributed by atoms with E-state index in [-0.39, 0.29) is 5.82 Å². The molecule has 0 aliphatic heterocycles. The Bertz CT molecular complexity index is 323. The third-order valence-corrected chi connectivity index (χ3v) is 1.53. The summed E-state index contributed by atoms with van der Waals surface area (Å²) >= 11 is 0. The van der Waals surface area contributed by atoms with Crippen molar-refractivity contribution >= 4 is 0 Å². The second-order valence-corrected chi connectivity index (χ2v) is 2.80. The fourth-order valence-electron chi connectivity index (χ4n) is 0.967. The van der Waals surface area contributed by atoms with E-state index in [9.17, 15) is 26.3 Å². The zero-order chi connectivity index (χ0) is 11.9. The van der Waals surface area contributed by atoms with E-state index < -0.39 is 24.1 Å². The van der Waals surface area contributed by atoms with Crippen LogP contribution in [0.15, 0.2) is 0 Å². The minimum absolute atomic E-state index is 0.108. The third-order valence-electron chi connectivity index (χ3n) is 1.53. The van der Waals surface area contributed by atoms with Gasteiger partial charge in [-0.25, -0.2) is 4.98 Å². The van der Waals surface area contributed by atoms with Crippen LogP contribution in [-0.2, 0) is 0 Å². The lowest BCUT2D eigenvalue weighted by molar-refractivity contribution is -0.255. The minimum atomic E-state index is -5.45. The maximum absolute atomic E-state index is 12.1. The van der Waals surface area contributed by atoms with Gasteiger partial charge in [0, 0.05) is 0 Å². The van der Waals surface area contributed by atoms with Gasteiger partial charge in [-0.2, -0.15) is 31.4 Å². The number of hydrogen-bond acceptors (Lipinski definition) is 2. The van der Waals surface area contributed by atoms with Crippen LogP contribution in [0, 0.1) is 6.92 Å². The number of rotatable bonds is 1. The highest BCUT2D eigenvalue weighted by Gasteiger charge is 2.59. The Hall–Kier alpha value is -1.28. The number of aryl methyl sites for hydroxylation is 1. The van der Waals surface area contributed by atoms with Gasteiger partial charge in [0.15, 0.2) is 5.82 Å². The van der Waals surface area contributed by atoms with Gasteiger partial charge in [-0.15, -0.1) is 0 Å². The predicted octanol–water partition coefficient (Wildman–Crippen LogP) is 2.32. The number of hydrogen-bond donors (Lipinski definition) is 1. The van der Waals surface area contributed by atoms with Crippen molar-refractivity contribution in [2.45, 2.75) is 25.2 Å². The number of alkyl halides is 6. The van der Waals surface area contributed by atoms with Gasteiger partial charge in [0.05, 0.1) is 0 Å². The van der Waals surface area contributed by atoms with E-state index in [1.165, 1.54) is 6.92 Å². The Balaban J connectivity index is 3.14. The number of halogens is 6. The van der Waals surface area contributed by atoms with Crippen molar-refractivity contribution in [2.75, 3.05) is 0 Å². The molecule has 1 heterocycles. The molecule has 1 aromatic heterocycles. The van der Waals surface area contributed by atoms with Crippen molar-refractivity contribution in [3.8, 4) is 0 Å². The molecular formula is C6H5F6N3. The summed E-state index contributed by atoms with van der Waals surface area (Å²) in [5, 5.41) is 4.81. The fourth-order valence-corrected chi connectivity index (χ4v) is 0.967. The molecule has 86 valence electrons. The lowest BCUT2D eigenvalue weighted by atomic mass is 10.1. The van der Waals surface area contributed by atoms with Crippen molar-refractivity contribution in [1.82, 2.24) is 15.2 Å². The quantitative estimate of drug-likeness (QED) is 0.756. The van der Waals surface area contributed by atoms with Gasteiger partial charge in [0.25, 0.3) is 0 Å². The van der Waals surface area contributed by atoms with Gasteiger partial charge in [-0.3, -0.25) is 5.10 Å². The maximum atomic E-state index is 12.1. The lowest BCUT2D eigenvalue weighted by Crippen LogP contribution is -2.35. The number of aromatic amines is 1. The molecule has 0 aromatic carbocycles. The van der Waals surface area contributed by atoms with Crippen LogP contribution >= 0.6 is 0 Å². The van der Waals surface area contributed by atoms with E-state index >= 15 is 0 Å².